The number of nitrogens with one attached hydrogen (secondary N) is 3. The normalized spacial score (nSPS) is 15.4. The van der Waals surface area contributed by atoms with Gasteiger partial charge in [0.15, 0.2) is 5.82 Å². The highest BCUT2D eigenvalue weighted by Crippen LogP contribution is 2.50. The van der Waals surface area contributed by atoms with Crippen molar-refractivity contribution in [3.05, 3.63) is 58.9 Å². The van der Waals surface area contributed by atoms with Crippen LogP contribution in [0, 0.1) is 5.82 Å². The first kappa shape index (κ1) is 24.3. The highest BCUT2D eigenvalue weighted by atomic mass is 19.4. The molecule has 1 heterocycles. The lowest BCUT2D eigenvalue weighted by molar-refractivity contribution is -0.137. The van der Waals surface area contributed by atoms with Crippen LogP contribution in [-0.4, -0.2) is 38.5 Å². The van der Waals surface area contributed by atoms with Gasteiger partial charge < -0.3 is 10.6 Å². The molecule has 0 aliphatic heterocycles. The average molecular weight is 490 g/mol. The summed E-state index contributed by atoms with van der Waals surface area (Å²) in [5.74, 6) is -1.80. The fourth-order valence-electron chi connectivity index (χ4n) is 3.77. The van der Waals surface area contributed by atoms with Crippen molar-refractivity contribution in [1.82, 2.24) is 25.9 Å². The van der Waals surface area contributed by atoms with Crippen LogP contribution in [0.1, 0.15) is 54.6 Å². The summed E-state index contributed by atoms with van der Waals surface area (Å²) in [4.78, 5) is 25.9. The van der Waals surface area contributed by atoms with Crippen molar-refractivity contribution in [2.75, 3.05) is 5.32 Å². The number of hydrogen-bond acceptors (Lipinski definition) is 5. The molecule has 1 saturated carbocycles. The summed E-state index contributed by atoms with van der Waals surface area (Å²) < 4.78 is 53.3. The molecule has 0 unspecified atom stereocenters. The number of carbonyl (C=O) groups is 2. The molecule has 4 rings (SSSR count). The predicted molar refractivity (Wildman–Crippen MR) is 118 cm³/mol. The Kier molecular flexibility index (Phi) is 6.30. The van der Waals surface area contributed by atoms with E-state index < -0.39 is 28.9 Å². The molecule has 1 aliphatic carbocycles. The van der Waals surface area contributed by atoms with Gasteiger partial charge in [-0.1, -0.05) is 13.0 Å². The summed E-state index contributed by atoms with van der Waals surface area (Å²) in [6.45, 7) is 3.79. The fourth-order valence-corrected chi connectivity index (χ4v) is 3.77. The van der Waals surface area contributed by atoms with E-state index in [1.54, 1.807) is 0 Å². The van der Waals surface area contributed by atoms with Crippen LogP contribution in [0.2, 0.25) is 0 Å². The zero-order chi connectivity index (χ0) is 25.4. The van der Waals surface area contributed by atoms with Crippen LogP contribution in [-0.2, 0) is 16.4 Å². The maximum Gasteiger partial charge on any atom is 0.416 e. The van der Waals surface area contributed by atoms with E-state index in [0.29, 0.717) is 17.3 Å². The number of H-pyrrole nitrogens is 1. The molecule has 0 spiro atoms. The zero-order valence-electron chi connectivity index (χ0n) is 18.8. The number of nitrogens with zero attached hydrogens (tertiary/aromatic N) is 3. The Labute approximate surface area is 197 Å². The van der Waals surface area contributed by atoms with Gasteiger partial charge in [-0.2, -0.15) is 13.2 Å². The summed E-state index contributed by atoms with van der Waals surface area (Å²) in [6.07, 6.45) is -3.39. The van der Waals surface area contributed by atoms with E-state index in [1.807, 2.05) is 13.8 Å². The second-order valence-electron chi connectivity index (χ2n) is 8.52. The van der Waals surface area contributed by atoms with E-state index in [2.05, 4.69) is 31.3 Å². The molecule has 12 heteroatoms. The summed E-state index contributed by atoms with van der Waals surface area (Å²) in [7, 11) is 0. The van der Waals surface area contributed by atoms with Crippen molar-refractivity contribution < 1.29 is 27.2 Å². The van der Waals surface area contributed by atoms with Crippen LogP contribution in [0.3, 0.4) is 0 Å². The van der Waals surface area contributed by atoms with Gasteiger partial charge in [0.25, 0.3) is 5.91 Å². The van der Waals surface area contributed by atoms with Gasteiger partial charge in [-0.15, -0.1) is 5.10 Å². The number of carbonyl (C=O) groups excluding carboxylic acids is 2. The molecule has 1 aromatic heterocycles. The quantitative estimate of drug-likeness (QED) is 0.429. The average Bonchev–Trinajstić information content (AvgIpc) is 3.43. The molecule has 3 N–H and O–H groups in total. The number of hydrogen-bond donors (Lipinski definition) is 3. The van der Waals surface area contributed by atoms with Gasteiger partial charge >= 0.3 is 6.18 Å². The van der Waals surface area contributed by atoms with Crippen LogP contribution in [0.25, 0.3) is 11.4 Å². The highest BCUT2D eigenvalue weighted by Gasteiger charge is 2.53. The van der Waals surface area contributed by atoms with Gasteiger partial charge in [0, 0.05) is 22.9 Å². The van der Waals surface area contributed by atoms with Crippen LogP contribution >= 0.6 is 0 Å². The Morgan fingerprint density at radius 2 is 1.91 bits per heavy atom. The van der Waals surface area contributed by atoms with Crippen molar-refractivity contribution >= 4 is 17.5 Å². The van der Waals surface area contributed by atoms with Gasteiger partial charge in [0.1, 0.15) is 5.82 Å². The van der Waals surface area contributed by atoms with Gasteiger partial charge in [-0.3, -0.25) is 9.59 Å². The van der Waals surface area contributed by atoms with Crippen molar-refractivity contribution in [3.8, 4) is 11.4 Å². The fraction of sp³-hybridized carbons (Fsp3) is 0.348. The first-order valence-electron chi connectivity index (χ1n) is 10.9. The maximum atomic E-state index is 14.6. The molecule has 0 radical (unpaired) electrons. The van der Waals surface area contributed by atoms with Gasteiger partial charge in [-0.25, -0.2) is 9.49 Å². The largest absolute Gasteiger partial charge is 0.416 e. The monoisotopic (exact) mass is 490 g/mol. The van der Waals surface area contributed by atoms with Crippen LogP contribution in [0.5, 0.6) is 0 Å². The van der Waals surface area contributed by atoms with E-state index in [-0.39, 0.29) is 41.7 Å². The van der Waals surface area contributed by atoms with E-state index in [9.17, 15) is 27.2 Å². The molecular weight excluding hydrogens is 468 g/mol. The van der Waals surface area contributed by atoms with Crippen LogP contribution in [0.4, 0.5) is 23.2 Å². The summed E-state index contributed by atoms with van der Waals surface area (Å²) in [5, 5.41) is 19.0. The number of amides is 2. The van der Waals surface area contributed by atoms with E-state index >= 15 is 0 Å². The van der Waals surface area contributed by atoms with Gasteiger partial charge in [-0.05, 0) is 66.9 Å². The Bertz CT molecular complexity index is 1260. The molecule has 184 valence electrons. The SMILES string of the molecule is CC[C@H](C)NC(=O)c1ccc(NC(=O)C2(c3ccc(C(F)(F)F)cc3F)CC2)cc1-c1nnn[nH]1. The standard InChI is InChI=1S/C23H22F4N6O2/c1-3-12(2)28-20(34)15-6-5-14(11-16(15)19-30-32-33-31-19)29-21(35)22(8-9-22)17-7-4-13(10-18(17)24)23(25,26)27/h4-7,10-12H,3,8-9H2,1-2H3,(H,28,34)(H,29,35)(H,30,31,32,33)/t12-/m0/s1. The third-order valence-electron chi connectivity index (χ3n) is 6.11. The summed E-state index contributed by atoms with van der Waals surface area (Å²) in [6, 6.07) is 6.63. The predicted octanol–water partition coefficient (Wildman–Crippen LogP) is 4.22. The smallest absolute Gasteiger partial charge is 0.350 e. The Morgan fingerprint density at radius 3 is 2.49 bits per heavy atom. The minimum Gasteiger partial charge on any atom is -0.350 e. The van der Waals surface area contributed by atoms with E-state index in [4.69, 9.17) is 0 Å². The Morgan fingerprint density at radius 1 is 1.17 bits per heavy atom. The molecule has 3 aromatic rings. The third-order valence-corrected chi connectivity index (χ3v) is 6.11. The molecule has 0 saturated heterocycles. The van der Waals surface area contributed by atoms with E-state index in [0.717, 1.165) is 18.6 Å². The molecule has 1 aliphatic rings. The number of halogens is 4. The first-order chi connectivity index (χ1) is 16.5. The third kappa shape index (κ3) is 4.86. The van der Waals surface area contributed by atoms with Crippen LogP contribution < -0.4 is 10.6 Å². The molecule has 2 amide bonds. The molecular formula is C23H22F4N6O2. The Hall–Kier alpha value is -3.83. The number of aromatic nitrogens is 4. The van der Waals surface area contributed by atoms with Crippen LogP contribution in [0.15, 0.2) is 36.4 Å². The molecule has 8 nitrogen and oxygen atoms in total. The Balaban J connectivity index is 1.61. The van der Waals surface area contributed by atoms with Crippen molar-refractivity contribution in [2.45, 2.75) is 50.7 Å². The second kappa shape index (κ2) is 9.08. The van der Waals surface area contributed by atoms with Crippen molar-refractivity contribution in [1.29, 1.82) is 0 Å². The number of anilines is 1. The summed E-state index contributed by atoms with van der Waals surface area (Å²) in [5.41, 5.74) is -1.58. The molecule has 2 aromatic carbocycles. The number of benzene rings is 2. The lowest BCUT2D eigenvalue weighted by Crippen LogP contribution is -2.32. The van der Waals surface area contributed by atoms with Crippen molar-refractivity contribution in [2.24, 2.45) is 0 Å². The zero-order valence-corrected chi connectivity index (χ0v) is 18.8. The minimum atomic E-state index is -4.69. The minimum absolute atomic E-state index is 0.0732. The molecule has 0 bridgehead atoms. The van der Waals surface area contributed by atoms with Gasteiger partial charge in [0.2, 0.25) is 5.91 Å². The second-order valence-corrected chi connectivity index (χ2v) is 8.52. The van der Waals surface area contributed by atoms with E-state index in [1.165, 1.54) is 18.2 Å². The van der Waals surface area contributed by atoms with Gasteiger partial charge in [0.05, 0.1) is 16.5 Å². The first-order valence-corrected chi connectivity index (χ1v) is 10.9. The number of tetrazole rings is 1. The lowest BCUT2D eigenvalue weighted by Gasteiger charge is -2.19. The highest BCUT2D eigenvalue weighted by molar-refractivity contribution is 6.04. The topological polar surface area (TPSA) is 113 Å². The maximum absolute atomic E-state index is 14.6. The number of alkyl halides is 3. The molecule has 1 fully saturated rings. The number of rotatable bonds is 7. The molecule has 35 heavy (non-hydrogen) atoms. The van der Waals surface area contributed by atoms with Crippen molar-refractivity contribution in [3.63, 3.8) is 0 Å². The summed E-state index contributed by atoms with van der Waals surface area (Å²) >= 11 is 0. The number of aromatic amines is 1. The molecule has 1 atom stereocenters. The lowest BCUT2D eigenvalue weighted by atomic mass is 9.93.